The van der Waals surface area contributed by atoms with Crippen LogP contribution in [0.3, 0.4) is 0 Å². The highest BCUT2D eigenvalue weighted by Crippen LogP contribution is 2.31. The fraction of sp³-hybridized carbons (Fsp3) is 0.800. The van der Waals surface area contributed by atoms with E-state index in [1.807, 2.05) is 0 Å². The summed E-state index contributed by atoms with van der Waals surface area (Å²) in [4.78, 5) is 40.9. The average molecular weight is 325 g/mol. The Hall–Kier alpha value is -1.67. The Bertz CT molecular complexity index is 485. The molecule has 0 radical (unpaired) electrons. The fourth-order valence-corrected chi connectivity index (χ4v) is 3.33. The van der Waals surface area contributed by atoms with Gasteiger partial charge < -0.3 is 24.2 Å². The van der Waals surface area contributed by atoms with Gasteiger partial charge in [0.25, 0.3) is 0 Å². The number of hydrogen-bond donors (Lipinski definition) is 0. The van der Waals surface area contributed by atoms with Crippen LogP contribution in [-0.2, 0) is 23.9 Å². The fourth-order valence-electron chi connectivity index (χ4n) is 3.33. The van der Waals surface area contributed by atoms with Crippen molar-refractivity contribution in [1.29, 1.82) is 0 Å². The minimum atomic E-state index is -0.549. The zero-order valence-electron chi connectivity index (χ0n) is 13.5. The van der Waals surface area contributed by atoms with Gasteiger partial charge >= 0.3 is 11.8 Å². The van der Waals surface area contributed by atoms with E-state index in [0.29, 0.717) is 65.3 Å². The predicted molar refractivity (Wildman–Crippen MR) is 79.3 cm³/mol. The lowest BCUT2D eigenvalue weighted by atomic mass is 10.0. The molecular formula is C15H23N3O5. The van der Waals surface area contributed by atoms with Crippen LogP contribution in [0.5, 0.6) is 0 Å². The molecule has 0 bridgehead atoms. The van der Waals surface area contributed by atoms with Crippen LogP contribution in [-0.4, -0.2) is 90.7 Å². The Balaban J connectivity index is 1.50. The number of carbonyl (C=O) groups excluding carboxylic acids is 3. The van der Waals surface area contributed by atoms with Crippen molar-refractivity contribution >= 4 is 17.7 Å². The van der Waals surface area contributed by atoms with Gasteiger partial charge in [-0.05, 0) is 0 Å². The second-order valence-electron chi connectivity index (χ2n) is 6.20. The normalized spacial score (nSPS) is 24.1. The number of carbonyl (C=O) groups is 3. The Morgan fingerprint density at radius 3 is 1.65 bits per heavy atom. The topological polar surface area (TPSA) is 79.4 Å². The molecule has 3 aliphatic heterocycles. The molecule has 0 aromatic carbocycles. The molecule has 3 fully saturated rings. The number of nitrogens with zero attached hydrogens (tertiary/aromatic N) is 3. The maximum absolute atomic E-state index is 12.4. The van der Waals surface area contributed by atoms with Crippen molar-refractivity contribution < 1.29 is 23.9 Å². The van der Waals surface area contributed by atoms with Crippen LogP contribution in [0.2, 0.25) is 0 Å². The standard InChI is InChI=1S/C15H23N3O5/c1-12(19)16-6-8-18(9-7-16)14(21)13(20)17-4-2-15(3-5-17)22-10-11-23-15/h2-11H2,1H3. The largest absolute Gasteiger partial charge is 0.347 e. The maximum atomic E-state index is 12.4. The number of piperazine rings is 1. The molecule has 3 rings (SSSR count). The van der Waals surface area contributed by atoms with Crippen LogP contribution >= 0.6 is 0 Å². The highest BCUT2D eigenvalue weighted by atomic mass is 16.7. The molecule has 0 aromatic rings. The van der Waals surface area contributed by atoms with Gasteiger partial charge in [0.15, 0.2) is 5.79 Å². The number of amides is 3. The average Bonchev–Trinajstić information content (AvgIpc) is 3.02. The molecule has 0 N–H and O–H groups in total. The number of likely N-dealkylation sites (tertiary alicyclic amines) is 1. The molecular weight excluding hydrogens is 302 g/mol. The minimum absolute atomic E-state index is 0.00122. The lowest BCUT2D eigenvalue weighted by Gasteiger charge is -2.39. The molecule has 0 saturated carbocycles. The van der Waals surface area contributed by atoms with Crippen molar-refractivity contribution in [2.45, 2.75) is 25.6 Å². The molecule has 8 heteroatoms. The van der Waals surface area contributed by atoms with Crippen molar-refractivity contribution in [3.05, 3.63) is 0 Å². The number of hydrogen-bond acceptors (Lipinski definition) is 5. The summed E-state index contributed by atoms with van der Waals surface area (Å²) in [6.07, 6.45) is 1.20. The lowest BCUT2D eigenvalue weighted by Crippen LogP contribution is -2.56. The van der Waals surface area contributed by atoms with Gasteiger partial charge in [0.05, 0.1) is 13.2 Å². The molecule has 1 spiro atoms. The smallest absolute Gasteiger partial charge is 0.312 e. The van der Waals surface area contributed by atoms with Crippen molar-refractivity contribution in [3.8, 4) is 0 Å². The van der Waals surface area contributed by atoms with E-state index >= 15 is 0 Å². The van der Waals surface area contributed by atoms with Gasteiger partial charge in [-0.15, -0.1) is 0 Å². The highest BCUT2D eigenvalue weighted by Gasteiger charge is 2.42. The van der Waals surface area contributed by atoms with Crippen LogP contribution in [0.1, 0.15) is 19.8 Å². The predicted octanol–water partition coefficient (Wildman–Crippen LogP) is -0.957. The van der Waals surface area contributed by atoms with E-state index in [-0.39, 0.29) is 5.91 Å². The van der Waals surface area contributed by atoms with Gasteiger partial charge in [0.1, 0.15) is 0 Å². The molecule has 23 heavy (non-hydrogen) atoms. The first-order valence-electron chi connectivity index (χ1n) is 8.12. The minimum Gasteiger partial charge on any atom is -0.347 e. The van der Waals surface area contributed by atoms with Crippen molar-refractivity contribution in [2.24, 2.45) is 0 Å². The Morgan fingerprint density at radius 1 is 0.739 bits per heavy atom. The lowest BCUT2D eigenvalue weighted by molar-refractivity contribution is -0.188. The maximum Gasteiger partial charge on any atom is 0.312 e. The van der Waals surface area contributed by atoms with Gasteiger partial charge in [-0.3, -0.25) is 14.4 Å². The van der Waals surface area contributed by atoms with Gasteiger partial charge in [-0.2, -0.15) is 0 Å². The van der Waals surface area contributed by atoms with Crippen molar-refractivity contribution in [1.82, 2.24) is 14.7 Å². The summed E-state index contributed by atoms with van der Waals surface area (Å²) < 4.78 is 11.3. The van der Waals surface area contributed by atoms with Crippen molar-refractivity contribution in [3.63, 3.8) is 0 Å². The van der Waals surface area contributed by atoms with E-state index in [1.54, 1.807) is 9.80 Å². The molecule has 0 atom stereocenters. The molecule has 3 amide bonds. The third kappa shape index (κ3) is 3.32. The van der Waals surface area contributed by atoms with Crippen LogP contribution in [0.15, 0.2) is 0 Å². The van der Waals surface area contributed by atoms with E-state index in [0.717, 1.165) is 0 Å². The third-order valence-electron chi connectivity index (χ3n) is 4.82. The summed E-state index contributed by atoms with van der Waals surface area (Å²) in [5.74, 6) is -1.49. The van der Waals surface area contributed by atoms with E-state index in [2.05, 4.69) is 0 Å². The number of piperidine rings is 1. The van der Waals surface area contributed by atoms with Gasteiger partial charge in [0, 0.05) is 59.0 Å². The van der Waals surface area contributed by atoms with Crippen LogP contribution < -0.4 is 0 Å². The van der Waals surface area contributed by atoms with E-state index in [9.17, 15) is 14.4 Å². The molecule has 0 aliphatic carbocycles. The summed E-state index contributed by atoms with van der Waals surface area (Å²) in [6.45, 7) is 5.43. The van der Waals surface area contributed by atoms with Crippen LogP contribution in [0.25, 0.3) is 0 Å². The Labute approximate surface area is 135 Å². The molecule has 8 nitrogen and oxygen atoms in total. The molecule has 3 heterocycles. The quantitative estimate of drug-likeness (QED) is 0.536. The van der Waals surface area contributed by atoms with Gasteiger partial charge in [-0.25, -0.2) is 0 Å². The molecule has 0 aromatic heterocycles. The Morgan fingerprint density at radius 2 is 1.17 bits per heavy atom. The molecule has 0 unspecified atom stereocenters. The third-order valence-corrected chi connectivity index (χ3v) is 4.82. The SMILES string of the molecule is CC(=O)N1CCN(C(=O)C(=O)N2CCC3(CC2)OCCO3)CC1. The monoisotopic (exact) mass is 325 g/mol. The molecule has 3 aliphatic rings. The van der Waals surface area contributed by atoms with Crippen molar-refractivity contribution in [2.75, 3.05) is 52.5 Å². The highest BCUT2D eigenvalue weighted by molar-refractivity contribution is 6.34. The summed E-state index contributed by atoms with van der Waals surface area (Å²) in [6, 6.07) is 0. The van der Waals surface area contributed by atoms with E-state index in [4.69, 9.17) is 9.47 Å². The first kappa shape index (κ1) is 16.2. The number of rotatable bonds is 0. The zero-order valence-corrected chi connectivity index (χ0v) is 13.5. The van der Waals surface area contributed by atoms with E-state index in [1.165, 1.54) is 11.8 Å². The van der Waals surface area contributed by atoms with Crippen LogP contribution in [0, 0.1) is 0 Å². The molecule has 3 saturated heterocycles. The summed E-state index contributed by atoms with van der Waals surface area (Å²) in [5, 5.41) is 0. The zero-order chi connectivity index (χ0) is 16.4. The second kappa shape index (κ2) is 6.45. The Kier molecular flexibility index (Phi) is 4.54. The molecule has 128 valence electrons. The second-order valence-corrected chi connectivity index (χ2v) is 6.20. The van der Waals surface area contributed by atoms with Gasteiger partial charge in [0.2, 0.25) is 5.91 Å². The first-order valence-corrected chi connectivity index (χ1v) is 8.12. The summed E-state index contributed by atoms with van der Waals surface area (Å²) in [7, 11) is 0. The van der Waals surface area contributed by atoms with E-state index < -0.39 is 17.6 Å². The van der Waals surface area contributed by atoms with Crippen LogP contribution in [0.4, 0.5) is 0 Å². The summed E-state index contributed by atoms with van der Waals surface area (Å²) >= 11 is 0. The number of ether oxygens (including phenoxy) is 2. The summed E-state index contributed by atoms with van der Waals surface area (Å²) in [5.41, 5.74) is 0. The van der Waals surface area contributed by atoms with Gasteiger partial charge in [-0.1, -0.05) is 0 Å². The first-order chi connectivity index (χ1) is 11.0.